The molecule has 1 atom stereocenters. The van der Waals surface area contributed by atoms with E-state index in [-0.39, 0.29) is 5.16 Å². The molecule has 3 aromatic rings. The van der Waals surface area contributed by atoms with Crippen LogP contribution in [-0.2, 0) is 17.8 Å². The molecule has 0 saturated carbocycles. The van der Waals surface area contributed by atoms with E-state index in [0.717, 1.165) is 17.0 Å². The molecule has 23 heavy (non-hydrogen) atoms. The molecular weight excluding hydrogens is 308 g/mol. The lowest BCUT2D eigenvalue weighted by atomic mass is 10.1. The van der Waals surface area contributed by atoms with Crippen LogP contribution in [0.15, 0.2) is 54.1 Å². The van der Waals surface area contributed by atoms with Gasteiger partial charge in [0.25, 0.3) is 0 Å². The summed E-state index contributed by atoms with van der Waals surface area (Å²) in [6.07, 6.45) is 4.84. The Bertz CT molecular complexity index is 923. The van der Waals surface area contributed by atoms with Gasteiger partial charge in [0.2, 0.25) is 5.16 Å². The highest BCUT2D eigenvalue weighted by Crippen LogP contribution is 2.20. The molecule has 1 unspecified atom stereocenters. The molecule has 0 aliphatic rings. The summed E-state index contributed by atoms with van der Waals surface area (Å²) in [4.78, 5) is 12.6. The van der Waals surface area contributed by atoms with E-state index in [2.05, 4.69) is 26.8 Å². The third kappa shape index (κ3) is 3.35. The second-order valence-electron chi connectivity index (χ2n) is 4.85. The van der Waals surface area contributed by atoms with Crippen LogP contribution < -0.4 is 0 Å². The van der Waals surface area contributed by atoms with Gasteiger partial charge in [-0.15, -0.1) is 0 Å². The Hall–Kier alpha value is -2.78. The zero-order chi connectivity index (χ0) is 16.2. The monoisotopic (exact) mass is 322 g/mol. The van der Waals surface area contributed by atoms with Gasteiger partial charge in [0.15, 0.2) is 0 Å². The van der Waals surface area contributed by atoms with E-state index >= 15 is 0 Å². The largest absolute Gasteiger partial charge is 0.327 e. The molecule has 0 aliphatic heterocycles. The molecule has 0 N–H and O–H groups in total. The minimum Gasteiger partial charge on any atom is -0.327 e. The lowest BCUT2D eigenvalue weighted by Gasteiger charge is -1.99. The van der Waals surface area contributed by atoms with Gasteiger partial charge in [0.1, 0.15) is 17.1 Å². The number of imidazole rings is 1. The van der Waals surface area contributed by atoms with Crippen molar-refractivity contribution in [2.45, 2.75) is 5.16 Å². The first-order valence-electron chi connectivity index (χ1n) is 6.90. The Balaban J connectivity index is 2.01. The SMILES string of the molecule is Cn1cnc(-c2ccccc2)c1C#Cc1ccnc(S(C)=O)n1. The van der Waals surface area contributed by atoms with E-state index in [1.165, 1.54) is 0 Å². The molecule has 0 fully saturated rings. The van der Waals surface area contributed by atoms with Gasteiger partial charge in [-0.1, -0.05) is 30.3 Å². The third-order valence-corrected chi connectivity index (χ3v) is 3.89. The molecule has 6 heteroatoms. The quantitative estimate of drug-likeness (QED) is 0.535. The molecule has 5 nitrogen and oxygen atoms in total. The number of benzene rings is 1. The minimum absolute atomic E-state index is 0.282. The van der Waals surface area contributed by atoms with Gasteiger partial charge < -0.3 is 4.57 Å². The van der Waals surface area contributed by atoms with Gasteiger partial charge in [0.05, 0.1) is 17.1 Å². The summed E-state index contributed by atoms with van der Waals surface area (Å²) in [7, 11) is 0.673. The molecule has 0 saturated heterocycles. The summed E-state index contributed by atoms with van der Waals surface area (Å²) < 4.78 is 13.3. The average Bonchev–Trinajstić information content (AvgIpc) is 2.95. The predicted octanol–water partition coefficient (Wildman–Crippen LogP) is 2.01. The van der Waals surface area contributed by atoms with Crippen LogP contribution in [0.25, 0.3) is 11.3 Å². The van der Waals surface area contributed by atoms with Crippen LogP contribution in [0.4, 0.5) is 0 Å². The average molecular weight is 322 g/mol. The molecule has 1 aromatic carbocycles. The summed E-state index contributed by atoms with van der Waals surface area (Å²) in [6, 6.07) is 11.6. The van der Waals surface area contributed by atoms with Crippen molar-refractivity contribution in [3.63, 3.8) is 0 Å². The highest BCUT2D eigenvalue weighted by atomic mass is 32.2. The van der Waals surface area contributed by atoms with E-state index < -0.39 is 10.8 Å². The van der Waals surface area contributed by atoms with Gasteiger partial charge in [-0.3, -0.25) is 4.21 Å². The van der Waals surface area contributed by atoms with Gasteiger partial charge in [-0.05, 0) is 17.9 Å². The van der Waals surface area contributed by atoms with Gasteiger partial charge in [0, 0.05) is 25.1 Å². The fourth-order valence-corrected chi connectivity index (χ4v) is 2.49. The van der Waals surface area contributed by atoms with Crippen LogP contribution in [0.5, 0.6) is 0 Å². The Kier molecular flexibility index (Phi) is 4.31. The van der Waals surface area contributed by atoms with E-state index in [9.17, 15) is 4.21 Å². The zero-order valence-corrected chi connectivity index (χ0v) is 13.5. The molecule has 114 valence electrons. The van der Waals surface area contributed by atoms with Crippen LogP contribution in [0, 0.1) is 11.8 Å². The normalized spacial score (nSPS) is 11.6. The Morgan fingerprint density at radius 1 is 1.09 bits per heavy atom. The molecule has 0 amide bonds. The third-order valence-electron chi connectivity index (χ3n) is 3.18. The zero-order valence-electron chi connectivity index (χ0n) is 12.7. The Labute approximate surface area is 136 Å². The first-order chi connectivity index (χ1) is 11.1. The molecule has 3 rings (SSSR count). The van der Waals surface area contributed by atoms with Crippen molar-refractivity contribution < 1.29 is 4.21 Å². The summed E-state index contributed by atoms with van der Waals surface area (Å²) >= 11 is 0. The fourth-order valence-electron chi connectivity index (χ4n) is 2.06. The van der Waals surface area contributed by atoms with Crippen molar-refractivity contribution in [2.24, 2.45) is 7.05 Å². The van der Waals surface area contributed by atoms with Gasteiger partial charge >= 0.3 is 0 Å². The second-order valence-corrected chi connectivity index (χ2v) is 6.12. The second kappa shape index (κ2) is 6.55. The summed E-state index contributed by atoms with van der Waals surface area (Å²) in [5.74, 6) is 6.10. The van der Waals surface area contributed by atoms with Crippen molar-refractivity contribution in [1.82, 2.24) is 19.5 Å². The van der Waals surface area contributed by atoms with Crippen LogP contribution in [-0.4, -0.2) is 30.0 Å². The topological polar surface area (TPSA) is 60.7 Å². The van der Waals surface area contributed by atoms with E-state index in [4.69, 9.17) is 0 Å². The summed E-state index contributed by atoms with van der Waals surface area (Å²) in [5.41, 5.74) is 3.17. The molecule has 2 heterocycles. The molecule has 0 bridgehead atoms. The van der Waals surface area contributed by atoms with Crippen LogP contribution in [0.1, 0.15) is 11.4 Å². The lowest BCUT2D eigenvalue weighted by Crippen LogP contribution is -1.98. The maximum Gasteiger partial charge on any atom is 0.219 e. The van der Waals surface area contributed by atoms with Gasteiger partial charge in [-0.2, -0.15) is 0 Å². The highest BCUT2D eigenvalue weighted by Gasteiger charge is 2.08. The van der Waals surface area contributed by atoms with Crippen molar-refractivity contribution in [1.29, 1.82) is 0 Å². The summed E-state index contributed by atoms with van der Waals surface area (Å²) in [6.45, 7) is 0. The first-order valence-corrected chi connectivity index (χ1v) is 8.46. The summed E-state index contributed by atoms with van der Waals surface area (Å²) in [5, 5.41) is 0.282. The van der Waals surface area contributed by atoms with Crippen molar-refractivity contribution >= 4 is 10.8 Å². The molecule has 0 aliphatic carbocycles. The van der Waals surface area contributed by atoms with E-state index in [1.807, 2.05) is 41.9 Å². The number of hydrogen-bond donors (Lipinski definition) is 0. The first kappa shape index (κ1) is 15.1. The maximum absolute atomic E-state index is 11.4. The van der Waals surface area contributed by atoms with E-state index in [1.54, 1.807) is 24.8 Å². The predicted molar refractivity (Wildman–Crippen MR) is 89.0 cm³/mol. The Morgan fingerprint density at radius 3 is 2.61 bits per heavy atom. The lowest BCUT2D eigenvalue weighted by molar-refractivity contribution is 0.679. The van der Waals surface area contributed by atoms with Crippen LogP contribution in [0.2, 0.25) is 0 Å². The van der Waals surface area contributed by atoms with Crippen molar-refractivity contribution in [2.75, 3.05) is 6.26 Å². The van der Waals surface area contributed by atoms with Crippen LogP contribution in [0.3, 0.4) is 0 Å². The fraction of sp³-hybridized carbons (Fsp3) is 0.118. The molecule has 0 radical (unpaired) electrons. The smallest absolute Gasteiger partial charge is 0.219 e. The number of hydrogen-bond acceptors (Lipinski definition) is 4. The number of aryl methyl sites for hydroxylation is 1. The highest BCUT2D eigenvalue weighted by molar-refractivity contribution is 7.84. The molecule has 0 spiro atoms. The molecule has 2 aromatic heterocycles. The van der Waals surface area contributed by atoms with Crippen LogP contribution >= 0.6 is 0 Å². The number of aromatic nitrogens is 4. The van der Waals surface area contributed by atoms with E-state index in [0.29, 0.717) is 5.69 Å². The number of rotatable bonds is 2. The number of nitrogens with zero attached hydrogens (tertiary/aromatic N) is 4. The maximum atomic E-state index is 11.4. The molecular formula is C17H14N4OS. The van der Waals surface area contributed by atoms with Gasteiger partial charge in [-0.25, -0.2) is 15.0 Å². The standard InChI is InChI=1S/C17H14N4OS/c1-21-12-19-16(13-6-4-3-5-7-13)15(21)9-8-14-10-11-18-17(20-14)23(2)22/h3-7,10-12H,1-2H3. The van der Waals surface area contributed by atoms with Crippen molar-refractivity contribution in [3.8, 4) is 23.1 Å². The van der Waals surface area contributed by atoms with Crippen molar-refractivity contribution in [3.05, 3.63) is 60.3 Å². The Morgan fingerprint density at radius 2 is 1.87 bits per heavy atom. The minimum atomic E-state index is -1.23.